The highest BCUT2D eigenvalue weighted by Gasteiger charge is 2.38. The molecule has 0 aliphatic rings. The van der Waals surface area contributed by atoms with E-state index in [2.05, 4.69) is 0 Å². The number of aliphatic hydroxyl groups is 1. The summed E-state index contributed by atoms with van der Waals surface area (Å²) in [5.74, 6) is -7.22. The van der Waals surface area contributed by atoms with Crippen LogP contribution in [0.4, 0.5) is 30.7 Å². The highest BCUT2D eigenvalue weighted by atomic mass is 19.4. The van der Waals surface area contributed by atoms with Gasteiger partial charge in [0.25, 0.3) is 6.43 Å². The number of benzene rings is 1. The number of carbonyl (C=O) groups is 1. The molecule has 20 heavy (non-hydrogen) atoms. The molecule has 1 rings (SSSR count). The molecule has 110 valence electrons. The first-order chi connectivity index (χ1) is 9.04. The lowest BCUT2D eigenvalue weighted by Gasteiger charge is -2.10. The van der Waals surface area contributed by atoms with Gasteiger partial charge in [-0.1, -0.05) is 0 Å². The average Bonchev–Trinajstić information content (AvgIpc) is 2.25. The molecule has 0 bridgehead atoms. The minimum atomic E-state index is -5.30. The fourth-order valence-corrected chi connectivity index (χ4v) is 1.27. The molecule has 0 saturated heterocycles. The standard InChI is InChI=1S/C11H5F7O2/c12-5-1-4(7(19)3-8(20)10(14)15)2-6(13)9(5)11(16,17)18/h1-3,10,19H/b7-3-. The van der Waals surface area contributed by atoms with Crippen molar-refractivity contribution < 1.29 is 40.6 Å². The van der Waals surface area contributed by atoms with Crippen molar-refractivity contribution in [2.45, 2.75) is 12.6 Å². The molecule has 0 radical (unpaired) electrons. The Morgan fingerprint density at radius 1 is 1.15 bits per heavy atom. The summed E-state index contributed by atoms with van der Waals surface area (Å²) < 4.78 is 86.8. The quantitative estimate of drug-likeness (QED) is 0.525. The smallest absolute Gasteiger partial charge is 0.422 e. The average molecular weight is 302 g/mol. The number of carbonyl (C=O) groups excluding carboxylic acids is 1. The Hall–Kier alpha value is -2.06. The highest BCUT2D eigenvalue weighted by Crippen LogP contribution is 2.34. The second kappa shape index (κ2) is 5.51. The molecule has 0 aliphatic carbocycles. The third-order valence-corrected chi connectivity index (χ3v) is 2.12. The zero-order chi connectivity index (χ0) is 15.7. The molecule has 1 aromatic carbocycles. The van der Waals surface area contributed by atoms with Crippen LogP contribution in [0.25, 0.3) is 5.76 Å². The van der Waals surface area contributed by atoms with E-state index >= 15 is 0 Å². The molecule has 0 saturated carbocycles. The van der Waals surface area contributed by atoms with Crippen LogP contribution < -0.4 is 0 Å². The second-order valence-corrected chi connectivity index (χ2v) is 3.55. The molecular formula is C11H5F7O2. The van der Waals surface area contributed by atoms with Crippen molar-refractivity contribution in [1.82, 2.24) is 0 Å². The zero-order valence-electron chi connectivity index (χ0n) is 9.31. The predicted octanol–water partition coefficient (Wildman–Crippen LogP) is 3.72. The van der Waals surface area contributed by atoms with E-state index in [9.17, 15) is 40.6 Å². The molecule has 0 spiro atoms. The molecule has 1 aromatic rings. The van der Waals surface area contributed by atoms with Crippen molar-refractivity contribution in [1.29, 1.82) is 0 Å². The molecule has 2 nitrogen and oxygen atoms in total. The van der Waals surface area contributed by atoms with Gasteiger partial charge in [0, 0.05) is 11.6 Å². The summed E-state index contributed by atoms with van der Waals surface area (Å²) in [7, 11) is 0. The lowest BCUT2D eigenvalue weighted by atomic mass is 10.1. The summed E-state index contributed by atoms with van der Waals surface area (Å²) in [5.41, 5.74) is -3.06. The van der Waals surface area contributed by atoms with Gasteiger partial charge in [0.2, 0.25) is 5.78 Å². The Morgan fingerprint density at radius 2 is 1.60 bits per heavy atom. The van der Waals surface area contributed by atoms with E-state index < -0.39 is 46.9 Å². The van der Waals surface area contributed by atoms with E-state index in [4.69, 9.17) is 0 Å². The molecule has 0 aliphatic heterocycles. The second-order valence-electron chi connectivity index (χ2n) is 3.55. The van der Waals surface area contributed by atoms with Crippen LogP contribution in [0.1, 0.15) is 11.1 Å². The van der Waals surface area contributed by atoms with Gasteiger partial charge in [-0.15, -0.1) is 0 Å². The lowest BCUT2D eigenvalue weighted by Crippen LogP contribution is -2.12. The molecular weight excluding hydrogens is 297 g/mol. The first-order valence-electron chi connectivity index (χ1n) is 4.83. The minimum Gasteiger partial charge on any atom is -0.507 e. The maximum atomic E-state index is 13.1. The molecule has 9 heteroatoms. The first-order valence-corrected chi connectivity index (χ1v) is 4.83. The molecule has 1 N–H and O–H groups in total. The van der Waals surface area contributed by atoms with Crippen molar-refractivity contribution >= 4 is 11.5 Å². The van der Waals surface area contributed by atoms with E-state index in [1.54, 1.807) is 0 Å². The summed E-state index contributed by atoms with van der Waals surface area (Å²) in [6.45, 7) is 0. The maximum Gasteiger partial charge on any atom is 0.422 e. The molecule has 0 atom stereocenters. The van der Waals surface area contributed by atoms with Crippen LogP contribution in [0.15, 0.2) is 18.2 Å². The Morgan fingerprint density at radius 3 is 1.95 bits per heavy atom. The van der Waals surface area contributed by atoms with Gasteiger partial charge in [0.1, 0.15) is 23.0 Å². The predicted molar refractivity (Wildman–Crippen MR) is 53.0 cm³/mol. The van der Waals surface area contributed by atoms with Gasteiger partial charge in [0.05, 0.1) is 0 Å². The van der Waals surface area contributed by atoms with E-state index in [0.29, 0.717) is 0 Å². The number of ketones is 1. The fourth-order valence-electron chi connectivity index (χ4n) is 1.27. The van der Waals surface area contributed by atoms with Gasteiger partial charge in [-0.2, -0.15) is 13.2 Å². The minimum absolute atomic E-state index is 0.0356. The number of alkyl halides is 5. The summed E-state index contributed by atoms with van der Waals surface area (Å²) >= 11 is 0. The fraction of sp³-hybridized carbons (Fsp3) is 0.182. The summed E-state index contributed by atoms with van der Waals surface area (Å²) in [6.07, 6.45) is -8.81. The van der Waals surface area contributed by atoms with Gasteiger partial charge in [-0.25, -0.2) is 17.6 Å². The van der Waals surface area contributed by atoms with Crippen molar-refractivity contribution in [3.05, 3.63) is 41.0 Å². The van der Waals surface area contributed by atoms with Crippen molar-refractivity contribution in [2.75, 3.05) is 0 Å². The van der Waals surface area contributed by atoms with Gasteiger partial charge >= 0.3 is 6.18 Å². The van der Waals surface area contributed by atoms with Gasteiger partial charge in [-0.3, -0.25) is 4.79 Å². The molecule has 0 amide bonds. The van der Waals surface area contributed by atoms with Crippen molar-refractivity contribution in [3.63, 3.8) is 0 Å². The number of aliphatic hydroxyl groups excluding tert-OH is 1. The van der Waals surface area contributed by atoms with Crippen molar-refractivity contribution in [2.24, 2.45) is 0 Å². The molecule has 0 heterocycles. The van der Waals surface area contributed by atoms with Gasteiger partial charge in [-0.05, 0) is 12.1 Å². The Labute approximate surface area is 107 Å². The van der Waals surface area contributed by atoms with E-state index in [1.807, 2.05) is 0 Å². The topological polar surface area (TPSA) is 37.3 Å². The third kappa shape index (κ3) is 3.49. The van der Waals surface area contributed by atoms with Crippen LogP contribution >= 0.6 is 0 Å². The van der Waals surface area contributed by atoms with Crippen LogP contribution in [0.3, 0.4) is 0 Å². The Balaban J connectivity index is 3.28. The van der Waals surface area contributed by atoms with E-state index in [-0.39, 0.29) is 18.2 Å². The van der Waals surface area contributed by atoms with Crippen LogP contribution in [0, 0.1) is 11.6 Å². The SMILES string of the molecule is O=C(/C=C(\O)c1cc(F)c(C(F)(F)F)c(F)c1)C(F)F. The van der Waals surface area contributed by atoms with Crippen LogP contribution in [0.2, 0.25) is 0 Å². The first kappa shape index (κ1) is 16.0. The molecule has 0 aromatic heterocycles. The largest absolute Gasteiger partial charge is 0.507 e. The number of allylic oxidation sites excluding steroid dienone is 1. The Kier molecular flexibility index (Phi) is 4.41. The van der Waals surface area contributed by atoms with Crippen LogP contribution in [0.5, 0.6) is 0 Å². The molecule has 0 fully saturated rings. The Bertz CT molecular complexity index is 537. The number of rotatable bonds is 3. The summed E-state index contributed by atoms with van der Waals surface area (Å²) in [4.78, 5) is 10.6. The lowest BCUT2D eigenvalue weighted by molar-refractivity contribution is -0.142. The van der Waals surface area contributed by atoms with Gasteiger partial charge in [0.15, 0.2) is 0 Å². The number of hydrogen-bond acceptors (Lipinski definition) is 2. The summed E-state index contributed by atoms with van der Waals surface area (Å²) in [5, 5.41) is 9.17. The zero-order valence-corrected chi connectivity index (χ0v) is 9.31. The van der Waals surface area contributed by atoms with Crippen LogP contribution in [-0.2, 0) is 11.0 Å². The summed E-state index contributed by atoms with van der Waals surface area (Å²) in [6, 6.07) is 0.160. The maximum absolute atomic E-state index is 13.1. The van der Waals surface area contributed by atoms with Gasteiger partial charge < -0.3 is 5.11 Å². The molecule has 0 unspecified atom stereocenters. The number of hydrogen-bond donors (Lipinski definition) is 1. The van der Waals surface area contributed by atoms with Crippen molar-refractivity contribution in [3.8, 4) is 0 Å². The highest BCUT2D eigenvalue weighted by molar-refractivity contribution is 5.97. The van der Waals surface area contributed by atoms with Crippen LogP contribution in [-0.4, -0.2) is 17.3 Å². The monoisotopic (exact) mass is 302 g/mol. The van der Waals surface area contributed by atoms with E-state index in [0.717, 1.165) is 0 Å². The third-order valence-electron chi connectivity index (χ3n) is 2.12. The van der Waals surface area contributed by atoms with E-state index in [1.165, 1.54) is 0 Å². The number of halogens is 7. The normalized spacial score (nSPS) is 12.9.